The van der Waals surface area contributed by atoms with Crippen LogP contribution < -0.4 is 0 Å². The topological polar surface area (TPSA) is 50.9 Å². The number of hydrogen-bond acceptors (Lipinski definition) is 3. The molecule has 0 spiro atoms. The first-order valence-electron chi connectivity index (χ1n) is 27.7. The van der Waals surface area contributed by atoms with Gasteiger partial charge in [0.15, 0.2) is 0 Å². The SMILES string of the molecule is [2H]c1c([2H])c(C(C([2H])([2H])[2H])(C([2H])([2H])[2H])C([2H])([2H])[2H])c([2H])c([2H])c1-c1ccnc(-c2[c-]c(-c3cccc4c3nc(-c3cc(C(C)(C)C)cc(C)c3O)n4-c3ccc(C([2H])(C)C)cc3-c3ccccc3)cc(C(C)(C)C)c2)c1.[Pt]. The van der Waals surface area contributed by atoms with Gasteiger partial charge in [-0.2, -0.15) is 0 Å². The number of imidazole rings is 1. The van der Waals surface area contributed by atoms with Gasteiger partial charge in [0.2, 0.25) is 0 Å². The van der Waals surface area contributed by atoms with Gasteiger partial charge in [-0.05, 0) is 98.3 Å². The second-order valence-electron chi connectivity index (χ2n) is 18.4. The van der Waals surface area contributed by atoms with Gasteiger partial charge in [0.05, 0.1) is 27.8 Å². The Morgan fingerprint density at radius 2 is 1.35 bits per heavy atom. The average Bonchev–Trinajstić information content (AvgIpc) is 3.70. The van der Waals surface area contributed by atoms with E-state index in [0.29, 0.717) is 50.4 Å². The van der Waals surface area contributed by atoms with Gasteiger partial charge >= 0.3 is 0 Å². The zero-order valence-electron chi connectivity index (χ0n) is 51.0. The van der Waals surface area contributed by atoms with Crippen LogP contribution in [0.5, 0.6) is 5.75 Å². The largest absolute Gasteiger partial charge is 0.507 e. The Hall–Kier alpha value is -5.57. The first kappa shape index (κ1) is 30.5. The summed E-state index contributed by atoms with van der Waals surface area (Å²) < 4.78 is 121. The van der Waals surface area contributed by atoms with Crippen LogP contribution >= 0.6 is 0 Å². The van der Waals surface area contributed by atoms with E-state index in [1.807, 2.05) is 112 Å². The van der Waals surface area contributed by atoms with E-state index < -0.39 is 67.0 Å². The fourth-order valence-corrected chi connectivity index (χ4v) is 7.68. The molecule has 2 heterocycles. The van der Waals surface area contributed by atoms with E-state index >= 15 is 0 Å². The molecule has 0 bridgehead atoms. The molecule has 0 fully saturated rings. The summed E-state index contributed by atoms with van der Waals surface area (Å²) in [6.45, 7) is 6.63. The predicted molar refractivity (Wildman–Crippen MR) is 261 cm³/mol. The van der Waals surface area contributed by atoms with Crippen LogP contribution in [0.25, 0.3) is 72.7 Å². The molecule has 0 aliphatic rings. The van der Waals surface area contributed by atoms with Crippen molar-refractivity contribution in [2.45, 2.75) is 105 Å². The van der Waals surface area contributed by atoms with E-state index in [1.54, 1.807) is 0 Å². The number of aromatic hydroxyl groups is 1. The molecule has 63 heavy (non-hydrogen) atoms. The van der Waals surface area contributed by atoms with E-state index in [2.05, 4.69) is 57.2 Å². The zero-order valence-corrected chi connectivity index (χ0v) is 39.3. The Morgan fingerprint density at radius 1 is 0.667 bits per heavy atom. The quantitative estimate of drug-likeness (QED) is 0.162. The molecule has 0 aliphatic heterocycles. The Morgan fingerprint density at radius 3 is 2.02 bits per heavy atom. The van der Waals surface area contributed by atoms with Crippen LogP contribution in [0.15, 0.2) is 133 Å². The zero-order chi connectivity index (χ0) is 56.2. The van der Waals surface area contributed by atoms with Gasteiger partial charge in [-0.3, -0.25) is 9.55 Å². The van der Waals surface area contributed by atoms with E-state index in [0.717, 1.165) is 33.5 Å². The van der Waals surface area contributed by atoms with Crippen LogP contribution in [0.4, 0.5) is 0 Å². The molecule has 6 aromatic carbocycles. The molecule has 1 N–H and O–H groups in total. The predicted octanol–water partition coefficient (Wildman–Crippen LogP) is 15.6. The second kappa shape index (κ2) is 17.2. The Kier molecular flexibility index (Phi) is 8.32. The number of pyridine rings is 1. The molecule has 0 radical (unpaired) electrons. The fourth-order valence-electron chi connectivity index (χ4n) is 7.68. The first-order chi connectivity index (χ1) is 35.0. The summed E-state index contributed by atoms with van der Waals surface area (Å²) in [5.74, 6) is -0.367. The maximum atomic E-state index is 12.1. The number of rotatable bonds is 7. The summed E-state index contributed by atoms with van der Waals surface area (Å²) in [5.41, 5.74) is 3.83. The van der Waals surface area contributed by atoms with Crippen LogP contribution in [0, 0.1) is 13.0 Å². The number of aryl methyl sites for hydroxylation is 1. The molecule has 0 unspecified atom stereocenters. The third kappa shape index (κ3) is 9.11. The molecule has 4 nitrogen and oxygen atoms in total. The van der Waals surface area contributed by atoms with Crippen molar-refractivity contribution in [1.29, 1.82) is 0 Å². The molecular formula is C58H60N3OPt-. The Bertz CT molecular complexity index is 3510. The summed E-state index contributed by atoms with van der Waals surface area (Å²) in [6.07, 6.45) is 1.41. The van der Waals surface area contributed by atoms with Crippen LogP contribution in [0.3, 0.4) is 0 Å². The first-order valence-corrected chi connectivity index (χ1v) is 20.7. The van der Waals surface area contributed by atoms with Crippen LogP contribution in [-0.2, 0) is 37.3 Å². The molecule has 5 heteroatoms. The molecule has 0 saturated heterocycles. The normalized spacial score (nSPS) is 16.2. The summed E-state index contributed by atoms with van der Waals surface area (Å²) in [4.78, 5) is 10.2. The van der Waals surface area contributed by atoms with Gasteiger partial charge in [0.25, 0.3) is 0 Å². The van der Waals surface area contributed by atoms with Crippen molar-refractivity contribution in [2.75, 3.05) is 0 Å². The summed E-state index contributed by atoms with van der Waals surface area (Å²) in [6, 6.07) is 32.4. The summed E-state index contributed by atoms with van der Waals surface area (Å²) in [7, 11) is 0. The average molecular weight is 1020 g/mol. The van der Waals surface area contributed by atoms with Crippen molar-refractivity contribution in [1.82, 2.24) is 14.5 Å². The van der Waals surface area contributed by atoms with Gasteiger partial charge in [-0.25, -0.2) is 4.98 Å². The van der Waals surface area contributed by atoms with Crippen molar-refractivity contribution >= 4 is 11.0 Å². The minimum absolute atomic E-state index is 0. The fraction of sp³-hybridized carbons (Fsp3) is 0.276. The van der Waals surface area contributed by atoms with E-state index in [-0.39, 0.29) is 43.4 Å². The van der Waals surface area contributed by atoms with Crippen molar-refractivity contribution < 1.29 is 45.4 Å². The van der Waals surface area contributed by atoms with Gasteiger partial charge in [0, 0.05) is 52.2 Å². The van der Waals surface area contributed by atoms with Crippen molar-refractivity contribution in [2.24, 2.45) is 0 Å². The maximum absolute atomic E-state index is 12.1. The van der Waals surface area contributed by atoms with Gasteiger partial charge in [-0.15, -0.1) is 29.3 Å². The molecule has 8 aromatic rings. The van der Waals surface area contributed by atoms with Crippen LogP contribution in [-0.4, -0.2) is 19.6 Å². The molecule has 324 valence electrons. The number of benzene rings is 6. The van der Waals surface area contributed by atoms with E-state index in [1.165, 1.54) is 18.3 Å². The number of aromatic nitrogens is 3. The number of fused-ring (bicyclic) bond motifs is 1. The molecule has 0 atom stereocenters. The number of para-hydroxylation sites is 1. The summed E-state index contributed by atoms with van der Waals surface area (Å²) in [5, 5.41) is 12.1. The number of phenolic OH excluding ortho intramolecular Hbond substituents is 1. The van der Waals surface area contributed by atoms with Crippen LogP contribution in [0.1, 0.15) is 129 Å². The van der Waals surface area contributed by atoms with Crippen molar-refractivity contribution in [3.63, 3.8) is 0 Å². The van der Waals surface area contributed by atoms with Gasteiger partial charge in [0.1, 0.15) is 11.6 Å². The van der Waals surface area contributed by atoms with E-state index in [4.69, 9.17) is 24.2 Å². The third-order valence-electron chi connectivity index (χ3n) is 11.3. The van der Waals surface area contributed by atoms with Gasteiger partial charge < -0.3 is 5.11 Å². The minimum atomic E-state index is -3.82. The molecule has 0 amide bonds. The number of hydrogen-bond donors (Lipinski definition) is 1. The third-order valence-corrected chi connectivity index (χ3v) is 11.3. The molecular weight excluding hydrogens is 950 g/mol. The van der Waals surface area contributed by atoms with Crippen molar-refractivity contribution in [3.8, 4) is 67.5 Å². The second-order valence-corrected chi connectivity index (χ2v) is 18.4. The maximum Gasteiger partial charge on any atom is 0.148 e. The monoisotopic (exact) mass is 1020 g/mol. The summed E-state index contributed by atoms with van der Waals surface area (Å²) >= 11 is 0. The molecule has 0 aliphatic carbocycles. The Balaban J connectivity index is 0.00000861. The van der Waals surface area contributed by atoms with Crippen LogP contribution in [0.2, 0.25) is 0 Å². The smallest absolute Gasteiger partial charge is 0.148 e. The standard InChI is InChI=1S/C58H60N3O.Pt/c1-36(2)40-23-26-51(48(33-40)39-17-14-13-15-18-39)61-52-20-16-19-47(53(52)60-55(61)49-35-45(57(7,8)9)29-37(3)54(49)62)42-30-43(32-46(31-42)58(10,11)12)50-34-41(27-28-59-50)38-21-24-44(25-22-38)56(4,5)6;/h13-29,31-36,62H,1-12H3;/q-1;/i4D3,5D3,6D3,21D,22D,24D,25D,36D;. The molecule has 8 rings (SSSR count). The molecule has 2 aromatic heterocycles. The van der Waals surface area contributed by atoms with E-state index in [9.17, 15) is 5.11 Å². The van der Waals surface area contributed by atoms with Gasteiger partial charge in [-0.1, -0.05) is 172 Å². The van der Waals surface area contributed by atoms with Crippen molar-refractivity contribution in [3.05, 3.63) is 167 Å². The number of nitrogens with zero attached hydrogens (tertiary/aromatic N) is 3. The molecule has 0 saturated carbocycles. The Labute approximate surface area is 409 Å². The number of phenols is 1. The minimum Gasteiger partial charge on any atom is -0.507 e.